The molecule has 3 rings (SSSR count). The highest BCUT2D eigenvalue weighted by molar-refractivity contribution is 6.22. The summed E-state index contributed by atoms with van der Waals surface area (Å²) in [6.45, 7) is 2.52. The van der Waals surface area contributed by atoms with Crippen molar-refractivity contribution in [2.24, 2.45) is 23.5 Å². The first-order chi connectivity index (χ1) is 9.11. The molecule has 0 radical (unpaired) electrons. The molecule has 2 N–H and O–H groups in total. The molecule has 4 heteroatoms. The van der Waals surface area contributed by atoms with Crippen LogP contribution in [0.2, 0.25) is 0 Å². The summed E-state index contributed by atoms with van der Waals surface area (Å²) in [5.41, 5.74) is 7.21. The first-order valence-corrected chi connectivity index (χ1v) is 6.78. The molecule has 1 saturated carbocycles. The maximum absolute atomic E-state index is 12.4. The molecule has 1 heterocycles. The van der Waals surface area contributed by atoms with Gasteiger partial charge in [-0.3, -0.25) is 14.5 Å². The van der Waals surface area contributed by atoms with Crippen LogP contribution in [0.15, 0.2) is 24.3 Å². The molecule has 2 unspecified atom stereocenters. The Bertz CT molecular complexity index is 517. The average molecular weight is 258 g/mol. The van der Waals surface area contributed by atoms with Crippen molar-refractivity contribution in [1.82, 2.24) is 0 Å². The average Bonchev–Trinajstić information content (AvgIpc) is 2.89. The standard InChI is InChI=1S/C15H18N2O2/c1-9-5-12-13(6-9)15(19)17(14(12)18)11-4-2-3-10(7-11)8-16/h2-4,7,9,12-13H,5-6,8,16H2,1H3. The van der Waals surface area contributed by atoms with Crippen molar-refractivity contribution < 1.29 is 9.59 Å². The van der Waals surface area contributed by atoms with E-state index in [1.54, 1.807) is 6.07 Å². The van der Waals surface area contributed by atoms with Crippen LogP contribution < -0.4 is 10.6 Å². The Morgan fingerprint density at radius 2 is 1.84 bits per heavy atom. The highest BCUT2D eigenvalue weighted by atomic mass is 16.2. The van der Waals surface area contributed by atoms with Crippen molar-refractivity contribution in [2.45, 2.75) is 26.3 Å². The van der Waals surface area contributed by atoms with Gasteiger partial charge in [0.05, 0.1) is 17.5 Å². The monoisotopic (exact) mass is 258 g/mol. The van der Waals surface area contributed by atoms with Crippen LogP contribution in [0.1, 0.15) is 25.3 Å². The van der Waals surface area contributed by atoms with Gasteiger partial charge in [-0.25, -0.2) is 0 Å². The fraction of sp³-hybridized carbons (Fsp3) is 0.467. The third-order valence-electron chi connectivity index (χ3n) is 4.28. The molecule has 2 fully saturated rings. The maximum atomic E-state index is 12.4. The van der Waals surface area contributed by atoms with Gasteiger partial charge in [-0.1, -0.05) is 19.1 Å². The molecule has 0 aromatic heterocycles. The van der Waals surface area contributed by atoms with Gasteiger partial charge in [0.1, 0.15) is 0 Å². The third-order valence-corrected chi connectivity index (χ3v) is 4.28. The minimum atomic E-state index is -0.107. The van der Waals surface area contributed by atoms with Crippen molar-refractivity contribution in [3.05, 3.63) is 29.8 Å². The van der Waals surface area contributed by atoms with Crippen molar-refractivity contribution in [3.8, 4) is 0 Å². The Labute approximate surface area is 112 Å². The van der Waals surface area contributed by atoms with E-state index >= 15 is 0 Å². The zero-order valence-corrected chi connectivity index (χ0v) is 11.0. The summed E-state index contributed by atoms with van der Waals surface area (Å²) in [6.07, 6.45) is 1.67. The summed E-state index contributed by atoms with van der Waals surface area (Å²) < 4.78 is 0. The molecule has 1 saturated heterocycles. The minimum Gasteiger partial charge on any atom is -0.326 e. The largest absolute Gasteiger partial charge is 0.326 e. The van der Waals surface area contributed by atoms with Gasteiger partial charge in [-0.15, -0.1) is 0 Å². The van der Waals surface area contributed by atoms with Gasteiger partial charge in [0.25, 0.3) is 0 Å². The smallest absolute Gasteiger partial charge is 0.237 e. The van der Waals surface area contributed by atoms with E-state index in [-0.39, 0.29) is 23.7 Å². The first-order valence-electron chi connectivity index (χ1n) is 6.78. The summed E-state index contributed by atoms with van der Waals surface area (Å²) >= 11 is 0. The van der Waals surface area contributed by atoms with Crippen LogP contribution in [-0.4, -0.2) is 11.8 Å². The van der Waals surface area contributed by atoms with Gasteiger partial charge in [0.2, 0.25) is 11.8 Å². The minimum absolute atomic E-state index is 0.0338. The van der Waals surface area contributed by atoms with Gasteiger partial charge in [-0.2, -0.15) is 0 Å². The SMILES string of the molecule is CC1CC2C(=O)N(c3cccc(CN)c3)C(=O)C2C1. The molecule has 2 atom stereocenters. The normalized spacial score (nSPS) is 30.0. The van der Waals surface area contributed by atoms with Crippen LogP contribution in [0.25, 0.3) is 0 Å². The summed E-state index contributed by atoms with van der Waals surface area (Å²) in [5.74, 6) is 0.190. The second kappa shape index (κ2) is 4.46. The Morgan fingerprint density at radius 3 is 2.42 bits per heavy atom. The fourth-order valence-corrected chi connectivity index (χ4v) is 3.35. The molecule has 2 amide bonds. The predicted octanol–water partition coefficient (Wildman–Crippen LogP) is 1.68. The quantitative estimate of drug-likeness (QED) is 0.821. The molecule has 1 aliphatic carbocycles. The van der Waals surface area contributed by atoms with Gasteiger partial charge < -0.3 is 5.73 Å². The molecule has 0 spiro atoms. The fourth-order valence-electron chi connectivity index (χ4n) is 3.35. The molecule has 100 valence electrons. The van der Waals surface area contributed by atoms with E-state index in [0.717, 1.165) is 18.4 Å². The van der Waals surface area contributed by atoms with E-state index < -0.39 is 0 Å². The highest BCUT2D eigenvalue weighted by Crippen LogP contribution is 2.44. The summed E-state index contributed by atoms with van der Waals surface area (Å²) in [5, 5.41) is 0. The molecule has 1 aromatic carbocycles. The summed E-state index contributed by atoms with van der Waals surface area (Å²) in [7, 11) is 0. The molecular formula is C15H18N2O2. The van der Waals surface area contributed by atoms with Crippen molar-refractivity contribution >= 4 is 17.5 Å². The van der Waals surface area contributed by atoms with Crippen molar-refractivity contribution in [2.75, 3.05) is 4.90 Å². The van der Waals surface area contributed by atoms with E-state index in [2.05, 4.69) is 6.92 Å². The van der Waals surface area contributed by atoms with Crippen LogP contribution in [0, 0.1) is 17.8 Å². The number of nitrogens with zero attached hydrogens (tertiary/aromatic N) is 1. The van der Waals surface area contributed by atoms with Crippen LogP contribution in [0.3, 0.4) is 0 Å². The number of rotatable bonds is 2. The highest BCUT2D eigenvalue weighted by Gasteiger charge is 2.52. The molecule has 4 nitrogen and oxygen atoms in total. The first kappa shape index (κ1) is 12.4. The summed E-state index contributed by atoms with van der Waals surface area (Å²) in [6, 6.07) is 7.38. The number of carbonyl (C=O) groups excluding carboxylic acids is 2. The Balaban J connectivity index is 1.94. The summed E-state index contributed by atoms with van der Waals surface area (Å²) in [4.78, 5) is 26.2. The number of carbonyl (C=O) groups is 2. The van der Waals surface area contributed by atoms with Crippen molar-refractivity contribution in [1.29, 1.82) is 0 Å². The number of fused-ring (bicyclic) bond motifs is 1. The number of hydrogen-bond donors (Lipinski definition) is 1. The van der Waals surface area contributed by atoms with E-state index in [4.69, 9.17) is 5.73 Å². The van der Waals surface area contributed by atoms with Crippen LogP contribution in [0.5, 0.6) is 0 Å². The lowest BCUT2D eigenvalue weighted by molar-refractivity contribution is -0.123. The van der Waals surface area contributed by atoms with E-state index in [0.29, 0.717) is 18.2 Å². The van der Waals surface area contributed by atoms with Gasteiger partial charge in [0, 0.05) is 6.54 Å². The second-order valence-corrected chi connectivity index (χ2v) is 5.68. The number of benzene rings is 1. The molecule has 2 aliphatic rings. The number of nitrogens with two attached hydrogens (primary N) is 1. The lowest BCUT2D eigenvalue weighted by Gasteiger charge is -2.17. The van der Waals surface area contributed by atoms with Gasteiger partial charge >= 0.3 is 0 Å². The predicted molar refractivity (Wildman–Crippen MR) is 72.2 cm³/mol. The van der Waals surface area contributed by atoms with Crippen LogP contribution in [-0.2, 0) is 16.1 Å². The molecule has 0 bridgehead atoms. The number of hydrogen-bond acceptors (Lipinski definition) is 3. The zero-order chi connectivity index (χ0) is 13.6. The maximum Gasteiger partial charge on any atom is 0.237 e. The molecule has 1 aliphatic heterocycles. The molecule has 1 aromatic rings. The topological polar surface area (TPSA) is 63.4 Å². The van der Waals surface area contributed by atoms with Gasteiger partial charge in [0.15, 0.2) is 0 Å². The third kappa shape index (κ3) is 1.87. The molecule has 19 heavy (non-hydrogen) atoms. The van der Waals surface area contributed by atoms with Crippen molar-refractivity contribution in [3.63, 3.8) is 0 Å². The van der Waals surface area contributed by atoms with E-state index in [1.165, 1.54) is 4.90 Å². The van der Waals surface area contributed by atoms with E-state index in [9.17, 15) is 9.59 Å². The van der Waals surface area contributed by atoms with Crippen LogP contribution in [0.4, 0.5) is 5.69 Å². The lowest BCUT2D eigenvalue weighted by Crippen LogP contribution is -2.32. The number of anilines is 1. The second-order valence-electron chi connectivity index (χ2n) is 5.68. The molecular weight excluding hydrogens is 240 g/mol. The Morgan fingerprint density at radius 1 is 1.21 bits per heavy atom. The number of imide groups is 1. The Kier molecular flexibility index (Phi) is 2.90. The van der Waals surface area contributed by atoms with E-state index in [1.807, 2.05) is 18.2 Å². The van der Waals surface area contributed by atoms with Crippen LogP contribution >= 0.6 is 0 Å². The number of amides is 2. The lowest BCUT2D eigenvalue weighted by atomic mass is 10.00. The zero-order valence-electron chi connectivity index (χ0n) is 11.0. The Hall–Kier alpha value is -1.68. The van der Waals surface area contributed by atoms with Gasteiger partial charge in [-0.05, 0) is 36.5 Å².